The summed E-state index contributed by atoms with van der Waals surface area (Å²) in [7, 11) is 4.00. The van der Waals surface area contributed by atoms with E-state index in [1.807, 2.05) is 61.6 Å². The predicted octanol–water partition coefficient (Wildman–Crippen LogP) is 4.54. The second-order valence-electron chi connectivity index (χ2n) is 7.34. The van der Waals surface area contributed by atoms with Crippen LogP contribution < -0.4 is 0 Å². The van der Waals surface area contributed by atoms with Gasteiger partial charge in [0.15, 0.2) is 5.01 Å². The molecule has 2 aromatic heterocycles. The first-order valence-electron chi connectivity index (χ1n) is 9.58. The lowest BCUT2D eigenvalue weighted by Gasteiger charge is -2.23. The molecule has 1 amide bonds. The SMILES string of the molecule is CN(C)CCN(Cc1ccc(Cl)cc1)C(=O)c1nc2ccc(-c3cn[nH]c3)cc2s1. The molecular formula is C22H22ClN5OS. The number of rotatable bonds is 7. The Balaban J connectivity index is 1.60. The average molecular weight is 440 g/mol. The van der Waals surface area contributed by atoms with Crippen LogP contribution in [0.4, 0.5) is 0 Å². The standard InChI is InChI=1S/C22H22ClN5OS/c1-27(2)9-10-28(14-15-3-6-18(23)7-4-15)22(29)21-26-19-8-5-16(11-20(19)30-21)17-12-24-25-13-17/h3-8,11-13H,9-10,14H2,1-2H3,(H,24,25). The Hall–Kier alpha value is -2.74. The van der Waals surface area contributed by atoms with E-state index >= 15 is 0 Å². The molecule has 0 saturated heterocycles. The summed E-state index contributed by atoms with van der Waals surface area (Å²) in [6.07, 6.45) is 3.63. The third-order valence-corrected chi connectivity index (χ3v) is 6.05. The summed E-state index contributed by atoms with van der Waals surface area (Å²) in [5, 5.41) is 8.02. The van der Waals surface area contributed by atoms with Gasteiger partial charge in [-0.3, -0.25) is 9.89 Å². The van der Waals surface area contributed by atoms with Crippen molar-refractivity contribution in [2.75, 3.05) is 27.2 Å². The fourth-order valence-corrected chi connectivity index (χ4v) is 4.22. The lowest BCUT2D eigenvalue weighted by Crippen LogP contribution is -2.36. The summed E-state index contributed by atoms with van der Waals surface area (Å²) in [5.74, 6) is -0.0575. The number of likely N-dealkylation sites (N-methyl/N-ethyl adjacent to an activating group) is 1. The lowest BCUT2D eigenvalue weighted by molar-refractivity contribution is 0.0732. The molecule has 0 fully saturated rings. The van der Waals surface area contributed by atoms with Gasteiger partial charge in [0, 0.05) is 36.4 Å². The molecule has 2 aromatic carbocycles. The van der Waals surface area contributed by atoms with Crippen molar-refractivity contribution < 1.29 is 4.79 Å². The maximum atomic E-state index is 13.3. The van der Waals surface area contributed by atoms with Crippen molar-refractivity contribution in [1.82, 2.24) is 25.0 Å². The van der Waals surface area contributed by atoms with Crippen molar-refractivity contribution in [1.29, 1.82) is 0 Å². The molecule has 0 aliphatic carbocycles. The first-order valence-corrected chi connectivity index (χ1v) is 10.8. The van der Waals surface area contributed by atoms with Crippen LogP contribution in [0.2, 0.25) is 5.02 Å². The highest BCUT2D eigenvalue weighted by molar-refractivity contribution is 7.20. The van der Waals surface area contributed by atoms with E-state index < -0.39 is 0 Å². The number of carbonyl (C=O) groups is 1. The number of fused-ring (bicyclic) bond motifs is 1. The van der Waals surface area contributed by atoms with Crippen LogP contribution in [0.15, 0.2) is 54.9 Å². The van der Waals surface area contributed by atoms with Crippen molar-refractivity contribution >= 4 is 39.1 Å². The molecule has 6 nitrogen and oxygen atoms in total. The fourth-order valence-electron chi connectivity index (χ4n) is 3.12. The predicted molar refractivity (Wildman–Crippen MR) is 122 cm³/mol. The second kappa shape index (κ2) is 8.95. The number of nitrogens with one attached hydrogen (secondary N) is 1. The Morgan fingerprint density at radius 1 is 1.10 bits per heavy atom. The molecule has 0 bridgehead atoms. The maximum Gasteiger partial charge on any atom is 0.283 e. The number of amides is 1. The molecule has 1 N–H and O–H groups in total. The van der Waals surface area contributed by atoms with Gasteiger partial charge in [0.1, 0.15) is 0 Å². The van der Waals surface area contributed by atoms with Gasteiger partial charge in [-0.05, 0) is 49.5 Å². The van der Waals surface area contributed by atoms with E-state index in [0.717, 1.165) is 33.5 Å². The lowest BCUT2D eigenvalue weighted by atomic mass is 10.1. The minimum atomic E-state index is -0.0575. The first kappa shape index (κ1) is 20.5. The Kier molecular flexibility index (Phi) is 6.13. The zero-order chi connectivity index (χ0) is 21.1. The maximum absolute atomic E-state index is 13.3. The van der Waals surface area contributed by atoms with Crippen molar-refractivity contribution in [3.8, 4) is 11.1 Å². The summed E-state index contributed by atoms with van der Waals surface area (Å²) in [6.45, 7) is 1.90. The van der Waals surface area contributed by atoms with Crippen molar-refractivity contribution in [3.63, 3.8) is 0 Å². The van der Waals surface area contributed by atoms with E-state index in [9.17, 15) is 4.79 Å². The number of thiazole rings is 1. The van der Waals surface area contributed by atoms with Gasteiger partial charge in [-0.1, -0.05) is 29.8 Å². The number of aromatic amines is 1. The number of hydrogen-bond donors (Lipinski definition) is 1. The van der Waals surface area contributed by atoms with Crippen LogP contribution in [0, 0.1) is 0 Å². The highest BCUT2D eigenvalue weighted by Crippen LogP contribution is 2.28. The van der Waals surface area contributed by atoms with Crippen molar-refractivity contribution in [2.24, 2.45) is 0 Å². The summed E-state index contributed by atoms with van der Waals surface area (Å²) < 4.78 is 0.983. The molecule has 4 rings (SSSR count). The van der Waals surface area contributed by atoms with Crippen molar-refractivity contribution in [3.05, 3.63) is 70.5 Å². The molecular weight excluding hydrogens is 418 g/mol. The number of carbonyl (C=O) groups excluding carboxylic acids is 1. The number of hydrogen-bond acceptors (Lipinski definition) is 5. The minimum absolute atomic E-state index is 0.0575. The normalized spacial score (nSPS) is 11.3. The van der Waals surface area contributed by atoms with Gasteiger partial charge < -0.3 is 9.80 Å². The monoisotopic (exact) mass is 439 g/mol. The van der Waals surface area contributed by atoms with Gasteiger partial charge in [-0.2, -0.15) is 5.10 Å². The Morgan fingerprint density at radius 2 is 1.90 bits per heavy atom. The van der Waals surface area contributed by atoms with Crippen LogP contribution in [-0.2, 0) is 6.54 Å². The molecule has 0 atom stereocenters. The summed E-state index contributed by atoms with van der Waals surface area (Å²) in [5.41, 5.74) is 3.92. The molecule has 0 radical (unpaired) electrons. The molecule has 8 heteroatoms. The topological polar surface area (TPSA) is 65.1 Å². The quantitative estimate of drug-likeness (QED) is 0.459. The Bertz CT molecular complexity index is 1140. The van der Waals surface area contributed by atoms with Gasteiger partial charge in [-0.25, -0.2) is 4.98 Å². The van der Waals surface area contributed by atoms with Crippen LogP contribution in [0.25, 0.3) is 21.3 Å². The summed E-state index contributed by atoms with van der Waals surface area (Å²) in [6, 6.07) is 13.6. The molecule has 30 heavy (non-hydrogen) atoms. The van der Waals surface area contributed by atoms with E-state index in [2.05, 4.69) is 26.1 Å². The smallest absolute Gasteiger partial charge is 0.283 e. The zero-order valence-corrected chi connectivity index (χ0v) is 18.4. The molecule has 0 spiro atoms. The highest BCUT2D eigenvalue weighted by atomic mass is 35.5. The molecule has 0 saturated carbocycles. The van der Waals surface area contributed by atoms with Crippen LogP contribution in [0.1, 0.15) is 15.4 Å². The Morgan fingerprint density at radius 3 is 2.60 bits per heavy atom. The first-order chi connectivity index (χ1) is 14.5. The van der Waals surface area contributed by atoms with E-state index in [4.69, 9.17) is 11.6 Å². The molecule has 0 unspecified atom stereocenters. The second-order valence-corrected chi connectivity index (χ2v) is 8.81. The fraction of sp³-hybridized carbons (Fsp3) is 0.227. The van der Waals surface area contributed by atoms with Gasteiger partial charge in [0.25, 0.3) is 5.91 Å². The summed E-state index contributed by atoms with van der Waals surface area (Å²) >= 11 is 7.43. The molecule has 0 aliphatic rings. The van der Waals surface area contributed by atoms with Crippen LogP contribution in [0.5, 0.6) is 0 Å². The van der Waals surface area contributed by atoms with Crippen LogP contribution in [0.3, 0.4) is 0 Å². The van der Waals surface area contributed by atoms with E-state index in [1.54, 1.807) is 6.20 Å². The Labute approximate surface area is 184 Å². The van der Waals surface area contributed by atoms with Crippen LogP contribution in [-0.4, -0.2) is 58.1 Å². The summed E-state index contributed by atoms with van der Waals surface area (Å²) in [4.78, 5) is 21.8. The molecule has 2 heterocycles. The van der Waals surface area contributed by atoms with Crippen LogP contribution >= 0.6 is 22.9 Å². The van der Waals surface area contributed by atoms with E-state index in [-0.39, 0.29) is 5.91 Å². The largest absolute Gasteiger partial charge is 0.331 e. The number of nitrogens with zero attached hydrogens (tertiary/aromatic N) is 4. The minimum Gasteiger partial charge on any atom is -0.331 e. The van der Waals surface area contributed by atoms with Crippen molar-refractivity contribution in [2.45, 2.75) is 6.54 Å². The molecule has 154 valence electrons. The van der Waals surface area contributed by atoms with Gasteiger partial charge >= 0.3 is 0 Å². The number of H-pyrrole nitrogens is 1. The van der Waals surface area contributed by atoms with Gasteiger partial charge in [-0.15, -0.1) is 11.3 Å². The number of aromatic nitrogens is 3. The van der Waals surface area contributed by atoms with Gasteiger partial charge in [0.2, 0.25) is 0 Å². The third-order valence-electron chi connectivity index (χ3n) is 4.79. The number of halogens is 1. The highest BCUT2D eigenvalue weighted by Gasteiger charge is 2.20. The molecule has 4 aromatic rings. The van der Waals surface area contributed by atoms with E-state index in [0.29, 0.717) is 23.1 Å². The van der Waals surface area contributed by atoms with E-state index in [1.165, 1.54) is 11.3 Å². The zero-order valence-electron chi connectivity index (χ0n) is 16.8. The third kappa shape index (κ3) is 4.70. The molecule has 0 aliphatic heterocycles. The van der Waals surface area contributed by atoms with Gasteiger partial charge in [0.05, 0.1) is 16.4 Å². The number of benzene rings is 2. The average Bonchev–Trinajstić information content (AvgIpc) is 3.41.